The van der Waals surface area contributed by atoms with Crippen molar-refractivity contribution in [3.63, 3.8) is 0 Å². The maximum absolute atomic E-state index is 9.55. The second kappa shape index (κ2) is 6.15. The van der Waals surface area contributed by atoms with E-state index in [1.807, 2.05) is 0 Å². The van der Waals surface area contributed by atoms with Crippen LogP contribution in [0, 0.1) is 0 Å². The normalized spacial score (nSPS) is 18.3. The van der Waals surface area contributed by atoms with Gasteiger partial charge in [0.25, 0.3) is 0 Å². The van der Waals surface area contributed by atoms with Gasteiger partial charge >= 0.3 is 11.9 Å². The zero-order valence-electron chi connectivity index (χ0n) is 8.69. The topological polar surface area (TPSA) is 95.9 Å². The van der Waals surface area contributed by atoms with Crippen molar-refractivity contribution in [2.24, 2.45) is 0 Å². The van der Waals surface area contributed by atoms with Crippen LogP contribution in [0.5, 0.6) is 0 Å². The van der Waals surface area contributed by atoms with Crippen molar-refractivity contribution in [2.75, 3.05) is 13.3 Å². The number of aliphatic carboxylic acids is 2. The van der Waals surface area contributed by atoms with E-state index in [2.05, 4.69) is 19.2 Å². The molecule has 1 aliphatic rings. The Morgan fingerprint density at radius 1 is 1.27 bits per heavy atom. The number of rotatable bonds is 2. The molecule has 15 heavy (non-hydrogen) atoms. The van der Waals surface area contributed by atoms with Crippen molar-refractivity contribution in [1.29, 1.82) is 0 Å². The third-order valence-electron chi connectivity index (χ3n) is 1.48. The number of carboxylic acids is 2. The number of nitrogens with one attached hydrogen (secondary N) is 1. The molecule has 0 spiro atoms. The summed E-state index contributed by atoms with van der Waals surface area (Å²) in [6.07, 6.45) is 1.12. The Hall–Kier alpha value is -1.40. The van der Waals surface area contributed by atoms with E-state index in [1.54, 1.807) is 0 Å². The first-order valence-corrected chi connectivity index (χ1v) is 4.30. The maximum atomic E-state index is 9.55. The van der Waals surface area contributed by atoms with E-state index in [9.17, 15) is 9.59 Å². The summed E-state index contributed by atoms with van der Waals surface area (Å²) in [6, 6.07) is 0. The number of ether oxygens (including phenoxy) is 1. The minimum absolute atomic E-state index is 0.222. The smallest absolute Gasteiger partial charge is 0.328 e. The molecule has 0 atom stereocenters. The first-order valence-electron chi connectivity index (χ1n) is 4.30. The lowest BCUT2D eigenvalue weighted by Gasteiger charge is -2.12. The predicted octanol–water partition coefficient (Wildman–Crippen LogP) is 0.0541. The van der Waals surface area contributed by atoms with Crippen LogP contribution in [-0.4, -0.2) is 41.0 Å². The van der Waals surface area contributed by atoms with Crippen LogP contribution in [0.2, 0.25) is 0 Å². The molecule has 86 valence electrons. The minimum Gasteiger partial charge on any atom is -0.478 e. The van der Waals surface area contributed by atoms with Crippen LogP contribution in [-0.2, 0) is 14.3 Å². The van der Waals surface area contributed by atoms with Gasteiger partial charge in [0.1, 0.15) is 0 Å². The van der Waals surface area contributed by atoms with Gasteiger partial charge in [-0.05, 0) is 13.8 Å². The van der Waals surface area contributed by atoms with Gasteiger partial charge < -0.3 is 14.9 Å². The van der Waals surface area contributed by atoms with E-state index in [4.69, 9.17) is 14.9 Å². The summed E-state index contributed by atoms with van der Waals surface area (Å²) < 4.78 is 5.05. The van der Waals surface area contributed by atoms with Crippen LogP contribution in [0.1, 0.15) is 13.8 Å². The highest BCUT2D eigenvalue weighted by Gasteiger charge is 2.21. The van der Waals surface area contributed by atoms with Crippen molar-refractivity contribution in [2.45, 2.75) is 19.4 Å². The van der Waals surface area contributed by atoms with E-state index in [0.717, 1.165) is 6.61 Å². The molecule has 0 unspecified atom stereocenters. The van der Waals surface area contributed by atoms with Crippen LogP contribution in [0.25, 0.3) is 0 Å². The van der Waals surface area contributed by atoms with Crippen molar-refractivity contribution < 1.29 is 24.5 Å². The van der Waals surface area contributed by atoms with Gasteiger partial charge in [-0.25, -0.2) is 9.59 Å². The molecule has 0 saturated carbocycles. The minimum atomic E-state index is -1.26. The number of carboxylic acid groups (broad SMARTS) is 2. The summed E-state index contributed by atoms with van der Waals surface area (Å²) in [5.41, 5.74) is 0.222. The Labute approximate surface area is 87.5 Å². The highest BCUT2D eigenvalue weighted by atomic mass is 16.5. The van der Waals surface area contributed by atoms with Crippen molar-refractivity contribution in [3.8, 4) is 0 Å². The van der Waals surface area contributed by atoms with Gasteiger partial charge in [-0.2, -0.15) is 0 Å². The average molecular weight is 217 g/mol. The molecule has 0 radical (unpaired) electrons. The zero-order chi connectivity index (χ0) is 11.9. The third-order valence-corrected chi connectivity index (χ3v) is 1.48. The lowest BCUT2D eigenvalue weighted by atomic mass is 10.1. The van der Waals surface area contributed by atoms with Gasteiger partial charge in [0.2, 0.25) is 0 Å². The lowest BCUT2D eigenvalue weighted by molar-refractivity contribution is -0.134. The van der Waals surface area contributed by atoms with Gasteiger partial charge in [-0.15, -0.1) is 0 Å². The van der Waals surface area contributed by atoms with Crippen molar-refractivity contribution in [3.05, 3.63) is 12.2 Å². The van der Waals surface area contributed by atoms with Gasteiger partial charge in [0.15, 0.2) is 0 Å². The van der Waals surface area contributed by atoms with Crippen molar-refractivity contribution in [1.82, 2.24) is 5.32 Å². The van der Waals surface area contributed by atoms with Crippen LogP contribution in [0.3, 0.4) is 0 Å². The second-order valence-electron chi connectivity index (χ2n) is 3.56. The highest BCUT2D eigenvalue weighted by Crippen LogP contribution is 2.06. The SMILES string of the molecule is CC1(C)COCN1.O=C(O)/C=C/C(=O)O. The Balaban J connectivity index is 0.000000262. The Kier molecular flexibility index (Phi) is 5.58. The molecule has 6 nitrogen and oxygen atoms in total. The van der Waals surface area contributed by atoms with Crippen LogP contribution < -0.4 is 5.32 Å². The van der Waals surface area contributed by atoms with Gasteiger partial charge in [0.05, 0.1) is 13.3 Å². The fourth-order valence-corrected chi connectivity index (χ4v) is 0.746. The summed E-state index contributed by atoms with van der Waals surface area (Å²) in [6.45, 7) is 5.81. The molecule has 1 rings (SSSR count). The fourth-order valence-electron chi connectivity index (χ4n) is 0.746. The quantitative estimate of drug-likeness (QED) is 0.566. The fraction of sp³-hybridized carbons (Fsp3) is 0.556. The van der Waals surface area contributed by atoms with Gasteiger partial charge in [0, 0.05) is 17.7 Å². The Bertz CT molecular complexity index is 235. The maximum Gasteiger partial charge on any atom is 0.328 e. The molecule has 1 fully saturated rings. The summed E-state index contributed by atoms with van der Waals surface area (Å²) in [5.74, 6) is -2.51. The van der Waals surface area contributed by atoms with Crippen LogP contribution in [0.4, 0.5) is 0 Å². The summed E-state index contributed by atoms with van der Waals surface area (Å²) >= 11 is 0. The summed E-state index contributed by atoms with van der Waals surface area (Å²) in [5, 5.41) is 18.8. The summed E-state index contributed by atoms with van der Waals surface area (Å²) in [4.78, 5) is 19.1. The Morgan fingerprint density at radius 2 is 1.73 bits per heavy atom. The monoisotopic (exact) mass is 217 g/mol. The molecule has 0 aromatic carbocycles. The van der Waals surface area contributed by atoms with E-state index in [-0.39, 0.29) is 5.54 Å². The molecule has 0 aromatic heterocycles. The average Bonchev–Trinajstić information content (AvgIpc) is 2.48. The molecule has 0 aromatic rings. The molecular weight excluding hydrogens is 202 g/mol. The molecule has 0 aliphatic carbocycles. The molecular formula is C9H15NO5. The van der Waals surface area contributed by atoms with E-state index in [1.165, 1.54) is 0 Å². The lowest BCUT2D eigenvalue weighted by Crippen LogP contribution is -2.34. The molecule has 6 heteroatoms. The summed E-state index contributed by atoms with van der Waals surface area (Å²) in [7, 11) is 0. The molecule has 0 amide bonds. The van der Waals surface area contributed by atoms with E-state index < -0.39 is 11.9 Å². The van der Waals surface area contributed by atoms with Crippen molar-refractivity contribution >= 4 is 11.9 Å². The first kappa shape index (κ1) is 13.6. The molecule has 1 saturated heterocycles. The number of hydrogen-bond acceptors (Lipinski definition) is 4. The second-order valence-corrected chi connectivity index (χ2v) is 3.56. The largest absolute Gasteiger partial charge is 0.478 e. The zero-order valence-corrected chi connectivity index (χ0v) is 8.69. The standard InChI is InChI=1S/C5H11NO.C4H4O4/c1-5(2)3-7-4-6-5;5-3(6)1-2-4(7)8/h6H,3-4H2,1-2H3;1-2H,(H,5,6)(H,7,8)/b;2-1+. The predicted molar refractivity (Wildman–Crippen MR) is 52.4 cm³/mol. The van der Waals surface area contributed by atoms with Gasteiger partial charge in [-0.3, -0.25) is 5.32 Å². The molecule has 0 bridgehead atoms. The van der Waals surface area contributed by atoms with E-state index >= 15 is 0 Å². The first-order chi connectivity index (χ1) is 6.83. The molecule has 3 N–H and O–H groups in total. The molecule has 1 aliphatic heterocycles. The van der Waals surface area contributed by atoms with Crippen LogP contribution >= 0.6 is 0 Å². The van der Waals surface area contributed by atoms with E-state index in [0.29, 0.717) is 18.9 Å². The number of carbonyl (C=O) groups is 2. The Morgan fingerprint density at radius 3 is 1.87 bits per heavy atom. The highest BCUT2D eigenvalue weighted by molar-refractivity contribution is 5.89. The number of hydrogen-bond donors (Lipinski definition) is 3. The third kappa shape index (κ3) is 8.92. The van der Waals surface area contributed by atoms with Crippen LogP contribution in [0.15, 0.2) is 12.2 Å². The van der Waals surface area contributed by atoms with Gasteiger partial charge in [-0.1, -0.05) is 0 Å². The molecule has 1 heterocycles.